The van der Waals surface area contributed by atoms with Crippen LogP contribution in [0.1, 0.15) is 13.8 Å². The number of benzene rings is 1. The van der Waals surface area contributed by atoms with Crippen molar-refractivity contribution >= 4 is 48.8 Å². The van der Waals surface area contributed by atoms with Gasteiger partial charge in [-0.3, -0.25) is 4.79 Å². The molecule has 0 aliphatic rings. The molecule has 9 heteroatoms. The van der Waals surface area contributed by atoms with Gasteiger partial charge in [-0.15, -0.1) is 0 Å². The molecule has 5 nitrogen and oxygen atoms in total. The van der Waals surface area contributed by atoms with Crippen molar-refractivity contribution in [2.75, 3.05) is 13.7 Å². The summed E-state index contributed by atoms with van der Waals surface area (Å²) in [5.41, 5.74) is 0. The molecule has 1 rings (SSSR count). The zero-order valence-corrected chi connectivity index (χ0v) is 14.6. The van der Waals surface area contributed by atoms with E-state index in [0.29, 0.717) is 0 Å². The van der Waals surface area contributed by atoms with Gasteiger partial charge in [0.2, 0.25) is 0 Å². The Morgan fingerprint density at radius 1 is 1.29 bits per heavy atom. The van der Waals surface area contributed by atoms with Crippen LogP contribution in [-0.2, 0) is 13.8 Å². The third-order valence-electron chi connectivity index (χ3n) is 2.76. The molecule has 0 spiro atoms. The zero-order chi connectivity index (χ0) is 16.4. The highest BCUT2D eigenvalue weighted by atomic mass is 35.7. The molecule has 21 heavy (non-hydrogen) atoms. The number of ether oxygens (including phenoxy) is 1. The van der Waals surface area contributed by atoms with Crippen molar-refractivity contribution in [2.45, 2.75) is 24.8 Å². The molecule has 0 aromatic heterocycles. The normalized spacial score (nSPS) is 11.6. The molecular weight excluding hydrogens is 361 g/mol. The van der Waals surface area contributed by atoms with Crippen LogP contribution in [0.25, 0.3) is 0 Å². The Labute approximate surface area is 138 Å². The maximum absolute atomic E-state index is 11.8. The Hall–Kier alpha value is -0.690. The molecule has 0 atom stereocenters. The predicted molar refractivity (Wildman–Crippen MR) is 82.9 cm³/mol. The van der Waals surface area contributed by atoms with Gasteiger partial charge in [-0.05, 0) is 26.0 Å². The number of halogens is 3. The van der Waals surface area contributed by atoms with Crippen LogP contribution < -0.4 is 4.74 Å². The van der Waals surface area contributed by atoms with Gasteiger partial charge in [0.05, 0.1) is 14.9 Å². The van der Waals surface area contributed by atoms with Crippen LogP contribution in [0.3, 0.4) is 0 Å². The number of hydrogen-bond acceptors (Lipinski definition) is 4. The molecule has 0 unspecified atom stereocenters. The minimum atomic E-state index is -3.95. The summed E-state index contributed by atoms with van der Waals surface area (Å²) in [7, 11) is 2.91. The summed E-state index contributed by atoms with van der Waals surface area (Å²) in [5.74, 6) is -0.223. The lowest BCUT2D eigenvalue weighted by Gasteiger charge is -2.21. The Balaban J connectivity index is 2.94. The minimum Gasteiger partial charge on any atom is -0.481 e. The first kappa shape index (κ1) is 18.4. The second kappa shape index (κ2) is 7.05. The second-order valence-corrected chi connectivity index (χ2v) is 7.92. The molecule has 118 valence electrons. The van der Waals surface area contributed by atoms with Crippen molar-refractivity contribution in [3.8, 4) is 5.75 Å². The lowest BCUT2D eigenvalue weighted by molar-refractivity contribution is -0.133. The molecule has 0 saturated carbocycles. The summed E-state index contributed by atoms with van der Waals surface area (Å²) in [6.45, 7) is 3.46. The number of nitrogens with zero attached hydrogens (tertiary/aromatic N) is 1. The highest BCUT2D eigenvalue weighted by Crippen LogP contribution is 2.36. The van der Waals surface area contributed by atoms with E-state index in [2.05, 4.69) is 0 Å². The first-order valence-electron chi connectivity index (χ1n) is 5.86. The van der Waals surface area contributed by atoms with E-state index in [0.717, 1.165) is 12.1 Å². The molecule has 0 fully saturated rings. The SMILES string of the molecule is CC(C)N(C)C(=O)COc1c(Cl)cc(S(=O)(=O)Cl)cc1Cl. The smallest absolute Gasteiger partial charge is 0.261 e. The van der Waals surface area contributed by atoms with E-state index in [1.165, 1.54) is 4.90 Å². The molecule has 0 heterocycles. The van der Waals surface area contributed by atoms with Gasteiger partial charge in [-0.1, -0.05) is 23.2 Å². The van der Waals surface area contributed by atoms with Crippen LogP contribution in [0.5, 0.6) is 5.75 Å². The van der Waals surface area contributed by atoms with Crippen molar-refractivity contribution in [3.63, 3.8) is 0 Å². The largest absolute Gasteiger partial charge is 0.481 e. The van der Waals surface area contributed by atoms with E-state index < -0.39 is 9.05 Å². The molecule has 0 aliphatic carbocycles. The summed E-state index contributed by atoms with van der Waals surface area (Å²) >= 11 is 11.8. The fraction of sp³-hybridized carbons (Fsp3) is 0.417. The van der Waals surface area contributed by atoms with Crippen molar-refractivity contribution in [2.24, 2.45) is 0 Å². The first-order valence-corrected chi connectivity index (χ1v) is 8.92. The average Bonchev–Trinajstić information content (AvgIpc) is 2.35. The quantitative estimate of drug-likeness (QED) is 0.743. The summed E-state index contributed by atoms with van der Waals surface area (Å²) in [4.78, 5) is 13.1. The monoisotopic (exact) mass is 373 g/mol. The maximum atomic E-state index is 11.8. The molecular formula is C12H14Cl3NO4S. The van der Waals surface area contributed by atoms with Crippen molar-refractivity contribution in [1.29, 1.82) is 0 Å². The van der Waals surface area contributed by atoms with Crippen LogP contribution in [0, 0.1) is 0 Å². The number of hydrogen-bond donors (Lipinski definition) is 0. The fourth-order valence-corrected chi connectivity index (χ4v) is 2.85. The van der Waals surface area contributed by atoms with Crippen LogP contribution in [-0.4, -0.2) is 38.9 Å². The Morgan fingerprint density at radius 3 is 2.14 bits per heavy atom. The maximum Gasteiger partial charge on any atom is 0.261 e. The molecule has 0 bridgehead atoms. The van der Waals surface area contributed by atoms with Crippen LogP contribution in [0.4, 0.5) is 0 Å². The first-order chi connectivity index (χ1) is 9.54. The van der Waals surface area contributed by atoms with Crippen molar-refractivity contribution in [1.82, 2.24) is 4.90 Å². The number of amides is 1. The molecule has 1 aromatic carbocycles. The van der Waals surface area contributed by atoms with E-state index >= 15 is 0 Å². The molecule has 0 aliphatic heterocycles. The summed E-state index contributed by atoms with van der Waals surface area (Å²) in [5, 5.41) is -0.0801. The lowest BCUT2D eigenvalue weighted by Crippen LogP contribution is -2.36. The topological polar surface area (TPSA) is 63.7 Å². The molecule has 0 N–H and O–H groups in total. The van der Waals surface area contributed by atoms with Gasteiger partial charge < -0.3 is 9.64 Å². The average molecular weight is 375 g/mol. The van der Waals surface area contributed by atoms with Gasteiger partial charge >= 0.3 is 0 Å². The molecule has 1 amide bonds. The van der Waals surface area contributed by atoms with Crippen LogP contribution >= 0.6 is 33.9 Å². The highest BCUT2D eigenvalue weighted by molar-refractivity contribution is 8.13. The standard InChI is InChI=1S/C12H14Cl3NO4S/c1-7(2)16(3)11(17)6-20-12-9(13)4-8(5-10(12)14)21(15,18)19/h4-5,7H,6H2,1-3H3. The van der Waals surface area contributed by atoms with Gasteiger partial charge in [-0.25, -0.2) is 8.42 Å². The lowest BCUT2D eigenvalue weighted by atomic mass is 10.3. The van der Waals surface area contributed by atoms with Crippen LogP contribution in [0.15, 0.2) is 17.0 Å². The van der Waals surface area contributed by atoms with E-state index in [9.17, 15) is 13.2 Å². The Bertz CT molecular complexity index is 623. The summed E-state index contributed by atoms with van der Waals surface area (Å²) in [6.07, 6.45) is 0. The third-order valence-corrected chi connectivity index (χ3v) is 4.66. The number of likely N-dealkylation sites (N-methyl/N-ethyl adjacent to an activating group) is 1. The minimum absolute atomic E-state index is 0.0239. The fourth-order valence-electron chi connectivity index (χ4n) is 1.34. The Kier molecular flexibility index (Phi) is 6.16. The number of carbonyl (C=O) groups excluding carboxylic acids is 1. The van der Waals surface area contributed by atoms with Gasteiger partial charge in [0, 0.05) is 23.8 Å². The van der Waals surface area contributed by atoms with Gasteiger partial charge in [0.1, 0.15) is 0 Å². The van der Waals surface area contributed by atoms with E-state index in [4.69, 9.17) is 38.6 Å². The predicted octanol–water partition coefficient (Wildman–Crippen LogP) is 3.17. The zero-order valence-electron chi connectivity index (χ0n) is 11.6. The van der Waals surface area contributed by atoms with Crippen molar-refractivity contribution < 1.29 is 17.9 Å². The molecule has 1 aromatic rings. The second-order valence-electron chi connectivity index (χ2n) is 4.54. The summed E-state index contributed by atoms with van der Waals surface area (Å²) in [6, 6.07) is 2.25. The Morgan fingerprint density at radius 2 is 1.76 bits per heavy atom. The van der Waals surface area contributed by atoms with Crippen molar-refractivity contribution in [3.05, 3.63) is 22.2 Å². The van der Waals surface area contributed by atoms with E-state index in [-0.39, 0.29) is 39.2 Å². The van der Waals surface area contributed by atoms with Gasteiger partial charge in [0.25, 0.3) is 15.0 Å². The van der Waals surface area contributed by atoms with Crippen LogP contribution in [0.2, 0.25) is 10.0 Å². The molecule has 0 saturated heterocycles. The molecule has 0 radical (unpaired) electrons. The van der Waals surface area contributed by atoms with Gasteiger partial charge in [-0.2, -0.15) is 0 Å². The number of rotatable bonds is 5. The van der Waals surface area contributed by atoms with E-state index in [1.807, 2.05) is 13.8 Å². The highest BCUT2D eigenvalue weighted by Gasteiger charge is 2.19. The van der Waals surface area contributed by atoms with E-state index in [1.54, 1.807) is 7.05 Å². The number of carbonyl (C=O) groups is 1. The van der Waals surface area contributed by atoms with Gasteiger partial charge in [0.15, 0.2) is 12.4 Å². The summed E-state index contributed by atoms with van der Waals surface area (Å²) < 4.78 is 27.7. The third kappa shape index (κ3) is 4.92.